The zero-order valence-electron chi connectivity index (χ0n) is 10.0. The third-order valence-electron chi connectivity index (χ3n) is 3.01. The Balaban J connectivity index is 2.31. The van der Waals surface area contributed by atoms with Crippen LogP contribution in [0, 0.1) is 0 Å². The summed E-state index contributed by atoms with van der Waals surface area (Å²) in [5.74, 6) is -0.232. The van der Waals surface area contributed by atoms with Crippen LogP contribution in [0.15, 0.2) is 6.20 Å². The van der Waals surface area contributed by atoms with Crippen molar-refractivity contribution in [1.82, 2.24) is 9.55 Å². The number of anilines is 1. The summed E-state index contributed by atoms with van der Waals surface area (Å²) in [5, 5.41) is 28.6. The Labute approximate surface area is 108 Å². The summed E-state index contributed by atoms with van der Waals surface area (Å²) in [6.45, 7) is -0.450. The monoisotopic (exact) mass is 272 g/mol. The molecule has 0 saturated carbocycles. The number of aliphatic hydroxyl groups excluding tert-OH is 3. The Morgan fingerprint density at radius 3 is 2.68 bits per heavy atom. The Kier molecular flexibility index (Phi) is 3.71. The Bertz CT molecular complexity index is 476. The summed E-state index contributed by atoms with van der Waals surface area (Å²) in [5.41, 5.74) is 10.8. The number of nitrogens with zero attached hydrogens (tertiary/aromatic N) is 2. The number of carbonyl (C=O) groups is 1. The van der Waals surface area contributed by atoms with Gasteiger partial charge in [0.1, 0.15) is 30.0 Å². The molecule has 7 N–H and O–H groups in total. The molecule has 0 spiro atoms. The first kappa shape index (κ1) is 13.7. The van der Waals surface area contributed by atoms with Crippen LogP contribution >= 0.6 is 0 Å². The summed E-state index contributed by atoms with van der Waals surface area (Å²) in [6.07, 6.45) is -3.37. The van der Waals surface area contributed by atoms with Gasteiger partial charge < -0.3 is 31.5 Å². The molecule has 106 valence electrons. The number of aliphatic hydroxyl groups is 3. The molecule has 9 nitrogen and oxygen atoms in total. The molecule has 1 aromatic heterocycles. The normalized spacial score (nSPS) is 30.7. The molecule has 0 aliphatic carbocycles. The SMILES string of the molecule is NC(=O)Cc1ncc(N)n1[C@@H]1O[C@H](CO)[C@@H](O)[C@H]1O. The van der Waals surface area contributed by atoms with Gasteiger partial charge in [0.05, 0.1) is 19.2 Å². The standard InChI is InChI=1S/C10H16N4O5/c11-5-2-13-7(1-6(12)16)14(5)10-9(18)8(17)4(3-15)19-10/h2,4,8-10,15,17-18H,1,3,11H2,(H2,12,16)/t4-,8-,9-,10-/m1/s1. The highest BCUT2D eigenvalue weighted by molar-refractivity contribution is 5.75. The number of nitrogen functional groups attached to an aromatic ring is 1. The lowest BCUT2D eigenvalue weighted by molar-refractivity contribution is -0.117. The number of amides is 1. The van der Waals surface area contributed by atoms with E-state index in [9.17, 15) is 15.0 Å². The summed E-state index contributed by atoms with van der Waals surface area (Å²) in [6, 6.07) is 0. The maximum Gasteiger partial charge on any atom is 0.225 e. The number of primary amides is 1. The van der Waals surface area contributed by atoms with Gasteiger partial charge in [0.15, 0.2) is 6.23 Å². The first-order chi connectivity index (χ1) is 8.95. The van der Waals surface area contributed by atoms with Gasteiger partial charge in [-0.1, -0.05) is 0 Å². The van der Waals surface area contributed by atoms with E-state index in [0.29, 0.717) is 0 Å². The zero-order chi connectivity index (χ0) is 14.2. The van der Waals surface area contributed by atoms with Crippen LogP contribution < -0.4 is 11.5 Å². The van der Waals surface area contributed by atoms with Crippen LogP contribution in [-0.4, -0.2) is 55.7 Å². The molecule has 1 aliphatic heterocycles. The van der Waals surface area contributed by atoms with Gasteiger partial charge in [0, 0.05) is 0 Å². The van der Waals surface area contributed by atoms with Crippen molar-refractivity contribution >= 4 is 11.7 Å². The van der Waals surface area contributed by atoms with Gasteiger partial charge in [-0.15, -0.1) is 0 Å². The van der Waals surface area contributed by atoms with Crippen LogP contribution in [0.1, 0.15) is 12.1 Å². The van der Waals surface area contributed by atoms with Gasteiger partial charge in [-0.3, -0.25) is 9.36 Å². The Morgan fingerprint density at radius 1 is 1.47 bits per heavy atom. The molecular weight excluding hydrogens is 256 g/mol. The zero-order valence-corrected chi connectivity index (χ0v) is 10.0. The van der Waals surface area contributed by atoms with Gasteiger partial charge in [0.2, 0.25) is 5.91 Å². The highest BCUT2D eigenvalue weighted by atomic mass is 16.6. The molecule has 1 amide bonds. The molecule has 9 heteroatoms. The van der Waals surface area contributed by atoms with Crippen molar-refractivity contribution in [1.29, 1.82) is 0 Å². The first-order valence-corrected chi connectivity index (χ1v) is 5.68. The molecule has 2 heterocycles. The van der Waals surface area contributed by atoms with Gasteiger partial charge in [0.25, 0.3) is 0 Å². The molecule has 0 bridgehead atoms. The number of carbonyl (C=O) groups excluding carboxylic acids is 1. The number of imidazole rings is 1. The van der Waals surface area contributed by atoms with Crippen LogP contribution in [0.2, 0.25) is 0 Å². The molecule has 1 aromatic rings. The van der Waals surface area contributed by atoms with Crippen molar-refractivity contribution in [2.45, 2.75) is 31.0 Å². The topological polar surface area (TPSA) is 157 Å². The van der Waals surface area contributed by atoms with Crippen LogP contribution in [0.25, 0.3) is 0 Å². The minimum absolute atomic E-state index is 0.158. The molecule has 1 fully saturated rings. The highest BCUT2D eigenvalue weighted by Crippen LogP contribution is 2.32. The van der Waals surface area contributed by atoms with Crippen molar-refractivity contribution in [3.63, 3.8) is 0 Å². The smallest absolute Gasteiger partial charge is 0.225 e. The van der Waals surface area contributed by atoms with Gasteiger partial charge in [-0.2, -0.15) is 0 Å². The lowest BCUT2D eigenvalue weighted by atomic mass is 10.1. The lowest BCUT2D eigenvalue weighted by Crippen LogP contribution is -2.33. The van der Waals surface area contributed by atoms with Crippen molar-refractivity contribution in [2.75, 3.05) is 12.3 Å². The van der Waals surface area contributed by atoms with E-state index in [2.05, 4.69) is 4.98 Å². The fourth-order valence-electron chi connectivity index (χ4n) is 2.09. The third kappa shape index (κ3) is 2.40. The summed E-state index contributed by atoms with van der Waals surface area (Å²) in [4.78, 5) is 14.9. The van der Waals surface area contributed by atoms with E-state index < -0.39 is 37.1 Å². The number of hydrogen-bond acceptors (Lipinski definition) is 7. The summed E-state index contributed by atoms with van der Waals surface area (Å²) >= 11 is 0. The maximum absolute atomic E-state index is 10.9. The van der Waals surface area contributed by atoms with Crippen molar-refractivity contribution in [3.8, 4) is 0 Å². The molecule has 1 saturated heterocycles. The minimum atomic E-state index is -1.29. The third-order valence-corrected chi connectivity index (χ3v) is 3.01. The second kappa shape index (κ2) is 5.13. The van der Waals surface area contributed by atoms with Gasteiger partial charge in [-0.05, 0) is 0 Å². The van der Waals surface area contributed by atoms with Gasteiger partial charge in [-0.25, -0.2) is 4.98 Å². The van der Waals surface area contributed by atoms with Gasteiger partial charge >= 0.3 is 0 Å². The first-order valence-electron chi connectivity index (χ1n) is 5.68. The predicted molar refractivity (Wildman–Crippen MR) is 62.5 cm³/mol. The van der Waals surface area contributed by atoms with Crippen LogP contribution in [0.5, 0.6) is 0 Å². The second-order valence-electron chi connectivity index (χ2n) is 4.34. The Hall–Kier alpha value is -1.68. The largest absolute Gasteiger partial charge is 0.394 e. The molecule has 19 heavy (non-hydrogen) atoms. The van der Waals surface area contributed by atoms with Crippen LogP contribution in [0.4, 0.5) is 5.82 Å². The van der Waals surface area contributed by atoms with Crippen molar-refractivity contribution < 1.29 is 24.9 Å². The average molecular weight is 272 g/mol. The molecule has 1 aliphatic rings. The van der Waals surface area contributed by atoms with E-state index in [1.165, 1.54) is 10.8 Å². The molecule has 0 aromatic carbocycles. The number of aromatic nitrogens is 2. The lowest BCUT2D eigenvalue weighted by Gasteiger charge is -2.19. The van der Waals surface area contributed by atoms with Crippen molar-refractivity contribution in [2.24, 2.45) is 5.73 Å². The van der Waals surface area contributed by atoms with E-state index in [1.807, 2.05) is 0 Å². The Morgan fingerprint density at radius 2 is 2.16 bits per heavy atom. The van der Waals surface area contributed by atoms with E-state index in [1.54, 1.807) is 0 Å². The quantitative estimate of drug-likeness (QED) is 0.393. The van der Waals surface area contributed by atoms with E-state index >= 15 is 0 Å². The van der Waals surface area contributed by atoms with E-state index in [-0.39, 0.29) is 18.1 Å². The van der Waals surface area contributed by atoms with Crippen LogP contribution in [0.3, 0.4) is 0 Å². The van der Waals surface area contributed by atoms with Crippen LogP contribution in [-0.2, 0) is 16.0 Å². The number of rotatable bonds is 4. The average Bonchev–Trinajstić information content (AvgIpc) is 2.82. The summed E-state index contributed by atoms with van der Waals surface area (Å²) < 4.78 is 6.61. The number of hydrogen-bond donors (Lipinski definition) is 5. The maximum atomic E-state index is 10.9. The van der Waals surface area contributed by atoms with E-state index in [4.69, 9.17) is 21.3 Å². The number of ether oxygens (including phenoxy) is 1. The summed E-state index contributed by atoms with van der Waals surface area (Å²) in [7, 11) is 0. The molecular formula is C10H16N4O5. The predicted octanol–water partition coefficient (Wildman–Crippen LogP) is -2.90. The number of nitrogens with two attached hydrogens (primary N) is 2. The fraction of sp³-hybridized carbons (Fsp3) is 0.600. The second-order valence-corrected chi connectivity index (χ2v) is 4.34. The minimum Gasteiger partial charge on any atom is -0.394 e. The molecule has 0 unspecified atom stereocenters. The molecule has 0 radical (unpaired) electrons. The van der Waals surface area contributed by atoms with Crippen molar-refractivity contribution in [3.05, 3.63) is 12.0 Å². The molecule has 2 rings (SSSR count). The highest BCUT2D eigenvalue weighted by Gasteiger charge is 2.44. The molecule has 4 atom stereocenters. The van der Waals surface area contributed by atoms with E-state index in [0.717, 1.165) is 0 Å². The fourth-order valence-corrected chi connectivity index (χ4v) is 2.09.